The summed E-state index contributed by atoms with van der Waals surface area (Å²) in [6, 6.07) is 0. The SMILES string of the molecule is CCC(CO)(COC)[N+](=O)[O-]. The van der Waals surface area contributed by atoms with Gasteiger partial charge in [0.2, 0.25) is 0 Å². The van der Waals surface area contributed by atoms with E-state index in [9.17, 15) is 10.1 Å². The Morgan fingerprint density at radius 2 is 2.27 bits per heavy atom. The predicted molar refractivity (Wildman–Crippen MR) is 39.0 cm³/mol. The van der Waals surface area contributed by atoms with Gasteiger partial charge in [-0.2, -0.15) is 0 Å². The molecule has 1 atom stereocenters. The van der Waals surface area contributed by atoms with E-state index >= 15 is 0 Å². The lowest BCUT2D eigenvalue weighted by molar-refractivity contribution is -0.578. The maximum Gasteiger partial charge on any atom is 0.267 e. The van der Waals surface area contributed by atoms with Crippen LogP contribution in [0.3, 0.4) is 0 Å². The van der Waals surface area contributed by atoms with Crippen molar-refractivity contribution in [3.8, 4) is 0 Å². The molecule has 0 aromatic heterocycles. The Morgan fingerprint density at radius 1 is 1.73 bits per heavy atom. The van der Waals surface area contributed by atoms with Crippen LogP contribution in [0.15, 0.2) is 0 Å². The summed E-state index contributed by atoms with van der Waals surface area (Å²) in [4.78, 5) is 9.95. The van der Waals surface area contributed by atoms with Crippen LogP contribution in [-0.2, 0) is 4.74 Å². The van der Waals surface area contributed by atoms with Crippen molar-refractivity contribution in [3.05, 3.63) is 10.1 Å². The van der Waals surface area contributed by atoms with Crippen molar-refractivity contribution in [2.24, 2.45) is 0 Å². The molecule has 0 radical (unpaired) electrons. The van der Waals surface area contributed by atoms with Gasteiger partial charge in [0.25, 0.3) is 5.54 Å². The Morgan fingerprint density at radius 3 is 2.36 bits per heavy atom. The molecule has 0 saturated heterocycles. The summed E-state index contributed by atoms with van der Waals surface area (Å²) in [5, 5.41) is 19.2. The number of rotatable bonds is 5. The number of methoxy groups -OCH3 is 1. The van der Waals surface area contributed by atoms with E-state index in [0.717, 1.165) is 0 Å². The summed E-state index contributed by atoms with van der Waals surface area (Å²) >= 11 is 0. The van der Waals surface area contributed by atoms with Gasteiger partial charge >= 0.3 is 0 Å². The fourth-order valence-corrected chi connectivity index (χ4v) is 0.768. The van der Waals surface area contributed by atoms with Crippen molar-refractivity contribution in [2.75, 3.05) is 20.3 Å². The third kappa shape index (κ3) is 2.13. The Kier molecular flexibility index (Phi) is 3.99. The fraction of sp³-hybridized carbons (Fsp3) is 1.00. The summed E-state index contributed by atoms with van der Waals surface area (Å²) in [7, 11) is 1.38. The largest absolute Gasteiger partial charge is 0.389 e. The number of hydrogen-bond acceptors (Lipinski definition) is 4. The van der Waals surface area contributed by atoms with Crippen LogP contribution in [0.2, 0.25) is 0 Å². The molecule has 0 fully saturated rings. The average Bonchev–Trinajstić information content (AvgIpc) is 2.00. The maximum atomic E-state index is 10.4. The smallest absolute Gasteiger partial charge is 0.267 e. The Bertz CT molecular complexity index is 133. The molecule has 0 aliphatic heterocycles. The first-order valence-corrected chi connectivity index (χ1v) is 3.37. The predicted octanol–water partition coefficient (Wildman–Crippen LogP) is 0.0506. The van der Waals surface area contributed by atoms with E-state index in [2.05, 4.69) is 4.74 Å². The molecule has 1 unspecified atom stereocenters. The van der Waals surface area contributed by atoms with Crippen LogP contribution in [0.1, 0.15) is 13.3 Å². The molecule has 0 aliphatic carbocycles. The zero-order valence-electron chi connectivity index (χ0n) is 6.74. The van der Waals surface area contributed by atoms with Crippen LogP contribution >= 0.6 is 0 Å². The molecule has 0 spiro atoms. The van der Waals surface area contributed by atoms with Crippen LogP contribution in [0, 0.1) is 10.1 Å². The molecule has 0 bridgehead atoms. The first-order chi connectivity index (χ1) is 5.13. The third-order valence-electron chi connectivity index (χ3n) is 1.75. The van der Waals surface area contributed by atoms with Crippen LogP contribution in [0.25, 0.3) is 0 Å². The van der Waals surface area contributed by atoms with Crippen molar-refractivity contribution >= 4 is 0 Å². The highest BCUT2D eigenvalue weighted by molar-refractivity contribution is 4.75. The summed E-state index contributed by atoms with van der Waals surface area (Å²) in [6.45, 7) is 1.12. The van der Waals surface area contributed by atoms with Gasteiger partial charge < -0.3 is 9.84 Å². The molecule has 0 aromatic carbocycles. The van der Waals surface area contributed by atoms with Crippen molar-refractivity contribution in [1.29, 1.82) is 0 Å². The molecule has 0 rings (SSSR count). The summed E-state index contributed by atoms with van der Waals surface area (Å²) in [6.07, 6.45) is 0.268. The van der Waals surface area contributed by atoms with E-state index in [4.69, 9.17) is 5.11 Å². The fourth-order valence-electron chi connectivity index (χ4n) is 0.768. The van der Waals surface area contributed by atoms with Crippen molar-refractivity contribution in [1.82, 2.24) is 0 Å². The van der Waals surface area contributed by atoms with E-state index in [1.54, 1.807) is 6.92 Å². The van der Waals surface area contributed by atoms with Crippen LogP contribution in [-0.4, -0.2) is 35.9 Å². The van der Waals surface area contributed by atoms with Gasteiger partial charge in [0.05, 0.1) is 0 Å². The van der Waals surface area contributed by atoms with E-state index in [-0.39, 0.29) is 13.0 Å². The standard InChI is InChI=1S/C6H13NO4/c1-3-6(4-8,5-11-2)7(9)10/h8H,3-5H2,1-2H3. The molecule has 66 valence electrons. The highest BCUT2D eigenvalue weighted by atomic mass is 16.6. The lowest BCUT2D eigenvalue weighted by Gasteiger charge is -2.19. The molecule has 0 aromatic rings. The van der Waals surface area contributed by atoms with Crippen molar-refractivity contribution in [2.45, 2.75) is 18.9 Å². The number of aliphatic hydroxyl groups is 1. The van der Waals surface area contributed by atoms with Crippen molar-refractivity contribution in [3.63, 3.8) is 0 Å². The van der Waals surface area contributed by atoms with E-state index in [0.29, 0.717) is 0 Å². The van der Waals surface area contributed by atoms with Gasteiger partial charge in [0.1, 0.15) is 13.2 Å². The van der Waals surface area contributed by atoms with Gasteiger partial charge in [0.15, 0.2) is 0 Å². The lowest BCUT2D eigenvalue weighted by atomic mass is 10.00. The van der Waals surface area contributed by atoms with Crippen LogP contribution in [0.4, 0.5) is 0 Å². The Balaban J connectivity index is 4.32. The van der Waals surface area contributed by atoms with Gasteiger partial charge in [-0.25, -0.2) is 0 Å². The molecule has 1 N–H and O–H groups in total. The Hall–Kier alpha value is -0.680. The Labute approximate surface area is 65.1 Å². The number of ether oxygens (including phenoxy) is 1. The third-order valence-corrected chi connectivity index (χ3v) is 1.75. The van der Waals surface area contributed by atoms with E-state index in [1.807, 2.05) is 0 Å². The second-order valence-corrected chi connectivity index (χ2v) is 2.43. The number of hydrogen-bond donors (Lipinski definition) is 1. The molecular weight excluding hydrogens is 150 g/mol. The molecule has 0 amide bonds. The second-order valence-electron chi connectivity index (χ2n) is 2.43. The zero-order valence-corrected chi connectivity index (χ0v) is 6.74. The van der Waals surface area contributed by atoms with Gasteiger partial charge in [-0.05, 0) is 0 Å². The second kappa shape index (κ2) is 4.25. The minimum absolute atomic E-state index is 0.0486. The van der Waals surface area contributed by atoms with Crippen molar-refractivity contribution < 1.29 is 14.8 Å². The van der Waals surface area contributed by atoms with E-state index < -0.39 is 17.1 Å². The average molecular weight is 163 g/mol. The van der Waals surface area contributed by atoms with Gasteiger partial charge in [-0.1, -0.05) is 6.92 Å². The molecule has 0 saturated carbocycles. The van der Waals surface area contributed by atoms with Gasteiger partial charge in [-0.15, -0.1) is 0 Å². The molecular formula is C6H13NO4. The first kappa shape index (κ1) is 10.3. The number of nitrogens with zero attached hydrogens (tertiary/aromatic N) is 1. The van der Waals surface area contributed by atoms with Gasteiger partial charge in [0, 0.05) is 18.5 Å². The first-order valence-electron chi connectivity index (χ1n) is 3.37. The molecule has 0 aliphatic rings. The highest BCUT2D eigenvalue weighted by Gasteiger charge is 2.40. The van der Waals surface area contributed by atoms with E-state index in [1.165, 1.54) is 7.11 Å². The normalized spacial score (nSPS) is 15.9. The maximum absolute atomic E-state index is 10.4. The summed E-state index contributed by atoms with van der Waals surface area (Å²) in [5.74, 6) is 0. The minimum Gasteiger partial charge on any atom is -0.389 e. The van der Waals surface area contributed by atoms with Crippen LogP contribution < -0.4 is 0 Å². The quantitative estimate of drug-likeness (QED) is 0.459. The van der Waals surface area contributed by atoms with Gasteiger partial charge in [-0.3, -0.25) is 10.1 Å². The lowest BCUT2D eigenvalue weighted by Crippen LogP contribution is -2.45. The molecule has 0 heterocycles. The highest BCUT2D eigenvalue weighted by Crippen LogP contribution is 2.13. The summed E-state index contributed by atoms with van der Waals surface area (Å²) < 4.78 is 4.65. The zero-order chi connectivity index (χ0) is 8.91. The topological polar surface area (TPSA) is 72.6 Å². The minimum atomic E-state index is -1.31. The molecule has 11 heavy (non-hydrogen) atoms. The monoisotopic (exact) mass is 163 g/mol. The molecule has 5 heteroatoms. The van der Waals surface area contributed by atoms with Crippen LogP contribution in [0.5, 0.6) is 0 Å². The number of nitro groups is 1. The summed E-state index contributed by atoms with van der Waals surface area (Å²) in [5.41, 5.74) is -1.31. The number of aliphatic hydroxyl groups excluding tert-OH is 1. The molecule has 5 nitrogen and oxygen atoms in total.